The Labute approximate surface area is 112 Å². The van der Waals surface area contributed by atoms with Crippen LogP contribution in [0.25, 0.3) is 6.08 Å². The van der Waals surface area contributed by atoms with Gasteiger partial charge in [0.25, 0.3) is 0 Å². The van der Waals surface area contributed by atoms with Crippen LogP contribution in [0.2, 0.25) is 0 Å². The second kappa shape index (κ2) is 5.81. The molecular formula is C13H15N3O2S. The Kier molecular flexibility index (Phi) is 4.13. The molecule has 5 nitrogen and oxygen atoms in total. The van der Waals surface area contributed by atoms with Gasteiger partial charge in [-0.1, -0.05) is 30.3 Å². The fourth-order valence-corrected chi connectivity index (χ4v) is 2.30. The third kappa shape index (κ3) is 4.04. The van der Waals surface area contributed by atoms with Gasteiger partial charge >= 0.3 is 0 Å². The Morgan fingerprint density at radius 1 is 1.32 bits per heavy atom. The lowest BCUT2D eigenvalue weighted by Crippen LogP contribution is -2.20. The number of hydrogen-bond donors (Lipinski definition) is 2. The number of nitrogens with zero attached hydrogens (tertiary/aromatic N) is 1. The minimum Gasteiger partial charge on any atom is -0.283 e. The molecule has 0 aliphatic heterocycles. The van der Waals surface area contributed by atoms with Gasteiger partial charge in [0, 0.05) is 23.2 Å². The number of rotatable bonds is 5. The molecule has 0 aliphatic rings. The Morgan fingerprint density at radius 2 is 2.05 bits per heavy atom. The van der Waals surface area contributed by atoms with E-state index in [9.17, 15) is 8.42 Å². The Bertz CT molecular complexity index is 660. The molecule has 0 aliphatic carbocycles. The van der Waals surface area contributed by atoms with E-state index in [0.29, 0.717) is 0 Å². The molecule has 0 saturated carbocycles. The molecule has 19 heavy (non-hydrogen) atoms. The van der Waals surface area contributed by atoms with Gasteiger partial charge in [0.2, 0.25) is 10.0 Å². The third-order valence-corrected chi connectivity index (χ3v) is 3.68. The Balaban J connectivity index is 2.00. The fraction of sp³-hybridized carbons (Fsp3) is 0.154. The summed E-state index contributed by atoms with van der Waals surface area (Å²) in [6, 6.07) is 9.27. The van der Waals surface area contributed by atoms with Crippen molar-refractivity contribution in [3.8, 4) is 0 Å². The molecule has 0 spiro atoms. The zero-order valence-electron chi connectivity index (χ0n) is 10.5. The molecule has 0 amide bonds. The number of benzene rings is 1. The van der Waals surface area contributed by atoms with Crippen molar-refractivity contribution in [2.75, 3.05) is 0 Å². The van der Waals surface area contributed by atoms with Crippen molar-refractivity contribution in [1.29, 1.82) is 0 Å². The van der Waals surface area contributed by atoms with Crippen LogP contribution in [0.5, 0.6) is 0 Å². The van der Waals surface area contributed by atoms with Gasteiger partial charge in [0.1, 0.15) is 0 Å². The van der Waals surface area contributed by atoms with E-state index in [1.807, 2.05) is 37.3 Å². The van der Waals surface area contributed by atoms with Gasteiger partial charge in [-0.3, -0.25) is 5.10 Å². The van der Waals surface area contributed by atoms with Crippen molar-refractivity contribution in [1.82, 2.24) is 14.9 Å². The van der Waals surface area contributed by atoms with E-state index in [4.69, 9.17) is 0 Å². The lowest BCUT2D eigenvalue weighted by atomic mass is 10.2. The predicted molar refractivity (Wildman–Crippen MR) is 74.6 cm³/mol. The summed E-state index contributed by atoms with van der Waals surface area (Å²) in [5.74, 6) is 0. The van der Waals surface area contributed by atoms with E-state index in [1.54, 1.807) is 12.3 Å². The first kappa shape index (κ1) is 13.5. The molecule has 0 atom stereocenters. The summed E-state index contributed by atoms with van der Waals surface area (Å²) in [5.41, 5.74) is 2.53. The van der Waals surface area contributed by atoms with E-state index in [-0.39, 0.29) is 6.54 Å². The Morgan fingerprint density at radius 3 is 2.68 bits per heavy atom. The van der Waals surface area contributed by atoms with Gasteiger partial charge < -0.3 is 0 Å². The van der Waals surface area contributed by atoms with Crippen molar-refractivity contribution >= 4 is 16.1 Å². The van der Waals surface area contributed by atoms with Crippen molar-refractivity contribution < 1.29 is 8.42 Å². The summed E-state index contributed by atoms with van der Waals surface area (Å²) in [7, 11) is -3.44. The van der Waals surface area contributed by atoms with E-state index >= 15 is 0 Å². The lowest BCUT2D eigenvalue weighted by Gasteiger charge is -2.01. The summed E-state index contributed by atoms with van der Waals surface area (Å²) in [6.07, 6.45) is 3.17. The van der Waals surface area contributed by atoms with Crippen LogP contribution in [-0.2, 0) is 16.6 Å². The molecule has 0 bridgehead atoms. The average molecular weight is 277 g/mol. The number of nitrogens with one attached hydrogen (secondary N) is 2. The maximum Gasteiger partial charge on any atom is 0.234 e. The molecule has 2 rings (SSSR count). The smallest absolute Gasteiger partial charge is 0.234 e. The van der Waals surface area contributed by atoms with Crippen LogP contribution in [0.4, 0.5) is 0 Å². The molecule has 1 heterocycles. The molecule has 0 radical (unpaired) electrons. The highest BCUT2D eigenvalue weighted by molar-refractivity contribution is 7.92. The van der Waals surface area contributed by atoms with Gasteiger partial charge in [-0.15, -0.1) is 0 Å². The van der Waals surface area contributed by atoms with Gasteiger partial charge in [-0.25, -0.2) is 13.1 Å². The molecule has 2 N–H and O–H groups in total. The monoisotopic (exact) mass is 277 g/mol. The Hall–Kier alpha value is -1.92. The lowest BCUT2D eigenvalue weighted by molar-refractivity contribution is 0.590. The van der Waals surface area contributed by atoms with Crippen LogP contribution in [0.15, 0.2) is 41.9 Å². The summed E-state index contributed by atoms with van der Waals surface area (Å²) in [6.45, 7) is 2.07. The number of aromatic amines is 1. The molecule has 1 aromatic heterocycles. The van der Waals surface area contributed by atoms with Crippen LogP contribution >= 0.6 is 0 Å². The normalized spacial score (nSPS) is 12.1. The highest BCUT2D eigenvalue weighted by Gasteiger charge is 2.07. The molecular weight excluding hydrogens is 262 g/mol. The molecule has 6 heteroatoms. The van der Waals surface area contributed by atoms with Crippen LogP contribution in [-0.4, -0.2) is 18.6 Å². The number of aryl methyl sites for hydroxylation is 1. The second-order valence-electron chi connectivity index (χ2n) is 4.10. The number of sulfonamides is 1. The second-order valence-corrected chi connectivity index (χ2v) is 5.75. The first-order chi connectivity index (χ1) is 9.07. The van der Waals surface area contributed by atoms with E-state index < -0.39 is 10.0 Å². The molecule has 1 aromatic carbocycles. The molecule has 100 valence electrons. The fourth-order valence-electron chi connectivity index (χ4n) is 1.51. The zero-order valence-corrected chi connectivity index (χ0v) is 11.3. The zero-order chi connectivity index (χ0) is 13.7. The SMILES string of the molecule is Cc1[nH]ncc1CNS(=O)(=O)/C=C/c1ccccc1. The first-order valence-corrected chi connectivity index (χ1v) is 7.33. The quantitative estimate of drug-likeness (QED) is 0.875. The summed E-state index contributed by atoms with van der Waals surface area (Å²) in [4.78, 5) is 0. The van der Waals surface area contributed by atoms with Gasteiger partial charge in [-0.2, -0.15) is 5.10 Å². The minimum atomic E-state index is -3.44. The minimum absolute atomic E-state index is 0.226. The van der Waals surface area contributed by atoms with Crippen molar-refractivity contribution in [3.63, 3.8) is 0 Å². The molecule has 0 fully saturated rings. The van der Waals surface area contributed by atoms with Crippen molar-refractivity contribution in [2.24, 2.45) is 0 Å². The van der Waals surface area contributed by atoms with E-state index in [1.165, 1.54) is 0 Å². The van der Waals surface area contributed by atoms with Crippen LogP contribution < -0.4 is 4.72 Å². The van der Waals surface area contributed by atoms with Crippen molar-refractivity contribution in [3.05, 3.63) is 58.8 Å². The molecule has 0 unspecified atom stereocenters. The third-order valence-electron chi connectivity index (χ3n) is 2.64. The standard InChI is InChI=1S/C13H15N3O2S/c1-11-13(9-14-16-11)10-15-19(17,18)8-7-12-5-3-2-4-6-12/h2-9,15H,10H2,1H3,(H,14,16)/b8-7+. The predicted octanol–water partition coefficient (Wildman–Crippen LogP) is 1.81. The van der Waals surface area contributed by atoms with Crippen molar-refractivity contribution in [2.45, 2.75) is 13.5 Å². The molecule has 0 saturated heterocycles. The largest absolute Gasteiger partial charge is 0.283 e. The van der Waals surface area contributed by atoms with Gasteiger partial charge in [0.15, 0.2) is 0 Å². The summed E-state index contributed by atoms with van der Waals surface area (Å²) < 4.78 is 26.1. The van der Waals surface area contributed by atoms with Crippen LogP contribution in [0, 0.1) is 6.92 Å². The maximum absolute atomic E-state index is 11.8. The van der Waals surface area contributed by atoms with Gasteiger partial charge in [-0.05, 0) is 18.6 Å². The summed E-state index contributed by atoms with van der Waals surface area (Å²) in [5, 5.41) is 7.76. The van der Waals surface area contributed by atoms with Gasteiger partial charge in [0.05, 0.1) is 6.20 Å². The topological polar surface area (TPSA) is 74.8 Å². The first-order valence-electron chi connectivity index (χ1n) is 5.78. The highest BCUT2D eigenvalue weighted by Crippen LogP contribution is 2.05. The van der Waals surface area contributed by atoms with Crippen LogP contribution in [0.3, 0.4) is 0 Å². The molecule has 2 aromatic rings. The highest BCUT2D eigenvalue weighted by atomic mass is 32.2. The average Bonchev–Trinajstić information content (AvgIpc) is 2.81. The maximum atomic E-state index is 11.8. The van der Waals surface area contributed by atoms with E-state index in [0.717, 1.165) is 22.2 Å². The van der Waals surface area contributed by atoms with Crippen LogP contribution in [0.1, 0.15) is 16.8 Å². The summed E-state index contributed by atoms with van der Waals surface area (Å²) >= 11 is 0. The number of aromatic nitrogens is 2. The number of H-pyrrole nitrogens is 1. The number of hydrogen-bond acceptors (Lipinski definition) is 3. The van der Waals surface area contributed by atoms with E-state index in [2.05, 4.69) is 14.9 Å².